The molecule has 0 radical (unpaired) electrons. The van der Waals surface area contributed by atoms with E-state index >= 15 is 0 Å². The molecule has 3 aromatic heterocycles. The summed E-state index contributed by atoms with van der Waals surface area (Å²) in [4.78, 5) is 44.6. The van der Waals surface area contributed by atoms with Gasteiger partial charge < -0.3 is 9.88 Å². The minimum Gasteiger partial charge on any atom is -0.322 e. The molecule has 3 rings (SSSR count). The molecule has 0 bridgehead atoms. The number of nitrogens with one attached hydrogen (secondary N) is 2. The summed E-state index contributed by atoms with van der Waals surface area (Å²) in [5.74, 6) is 0.922. The van der Waals surface area contributed by atoms with Crippen LogP contribution < -0.4 is 16.6 Å². The van der Waals surface area contributed by atoms with E-state index in [1.807, 2.05) is 39.2 Å². The molecule has 0 unspecified atom stereocenters. The first-order chi connectivity index (χ1) is 15.2. The second kappa shape index (κ2) is 10.2. The maximum atomic E-state index is 12.7. The zero-order valence-electron chi connectivity index (χ0n) is 19.3. The van der Waals surface area contributed by atoms with E-state index in [1.54, 1.807) is 0 Å². The Bertz CT molecular complexity index is 1200. The first kappa shape index (κ1) is 23.8. The number of amides is 1. The number of fused-ring (bicyclic) bond motifs is 1. The number of aromatic amines is 1. The van der Waals surface area contributed by atoms with Crippen molar-refractivity contribution >= 4 is 33.5 Å². The SMILES string of the molecule is CCCCn1c(=O)[nH]c(=O)c2c1nc(CCC(=O)Nc1nnc(C(C)C)s1)n2CC(C)C. The lowest BCUT2D eigenvalue weighted by atomic mass is 10.2. The number of hydrogen-bond acceptors (Lipinski definition) is 7. The van der Waals surface area contributed by atoms with Crippen molar-refractivity contribution in [1.82, 2.24) is 29.3 Å². The topological polar surface area (TPSA) is 128 Å². The highest BCUT2D eigenvalue weighted by molar-refractivity contribution is 7.15. The third-order valence-electron chi connectivity index (χ3n) is 5.00. The lowest BCUT2D eigenvalue weighted by molar-refractivity contribution is -0.116. The van der Waals surface area contributed by atoms with Crippen LogP contribution in [0.25, 0.3) is 11.2 Å². The number of anilines is 1. The molecular formula is C21H31N7O3S. The standard InChI is InChI=1S/C21H31N7O3S/c1-6-7-10-27-17-16(18(30)24-21(27)31)28(11-12(2)3)14(22-17)8-9-15(29)23-20-26-25-19(32-20)13(4)5/h12-13H,6-11H2,1-5H3,(H,23,26,29)(H,24,30,31). The predicted octanol–water partition coefficient (Wildman–Crippen LogP) is 2.89. The van der Waals surface area contributed by atoms with Crippen LogP contribution in [0.4, 0.5) is 5.13 Å². The second-order valence-corrected chi connectivity index (χ2v) is 9.63. The number of H-pyrrole nitrogens is 1. The molecular weight excluding hydrogens is 430 g/mol. The van der Waals surface area contributed by atoms with Gasteiger partial charge in [-0.25, -0.2) is 9.78 Å². The van der Waals surface area contributed by atoms with Crippen LogP contribution in [0, 0.1) is 5.92 Å². The van der Waals surface area contributed by atoms with Gasteiger partial charge in [-0.15, -0.1) is 10.2 Å². The van der Waals surface area contributed by atoms with E-state index in [4.69, 9.17) is 0 Å². The van der Waals surface area contributed by atoms with E-state index in [2.05, 4.69) is 25.5 Å². The molecule has 0 saturated carbocycles. The molecule has 32 heavy (non-hydrogen) atoms. The molecule has 0 aliphatic heterocycles. The smallest absolute Gasteiger partial charge is 0.322 e. The average Bonchev–Trinajstić information content (AvgIpc) is 3.31. The molecule has 2 N–H and O–H groups in total. The number of hydrogen-bond donors (Lipinski definition) is 2. The van der Waals surface area contributed by atoms with Crippen LogP contribution in [0.3, 0.4) is 0 Å². The first-order valence-corrected chi connectivity index (χ1v) is 11.9. The van der Waals surface area contributed by atoms with Gasteiger partial charge in [-0.3, -0.25) is 19.1 Å². The van der Waals surface area contributed by atoms with Crippen molar-refractivity contribution in [2.24, 2.45) is 5.92 Å². The van der Waals surface area contributed by atoms with Gasteiger partial charge in [-0.1, -0.05) is 52.4 Å². The van der Waals surface area contributed by atoms with Gasteiger partial charge in [0.05, 0.1) is 0 Å². The van der Waals surface area contributed by atoms with Crippen LogP contribution in [0.2, 0.25) is 0 Å². The number of aryl methyl sites for hydroxylation is 2. The van der Waals surface area contributed by atoms with Crippen molar-refractivity contribution in [3.8, 4) is 0 Å². The highest BCUT2D eigenvalue weighted by Gasteiger charge is 2.20. The van der Waals surface area contributed by atoms with Crippen LogP contribution in [0.5, 0.6) is 0 Å². The zero-order valence-corrected chi connectivity index (χ0v) is 20.1. The molecule has 174 valence electrons. The second-order valence-electron chi connectivity index (χ2n) is 8.62. The fourth-order valence-corrected chi connectivity index (χ4v) is 4.18. The minimum atomic E-state index is -0.452. The fraction of sp³-hybridized carbons (Fsp3) is 0.619. The molecule has 0 aliphatic rings. The van der Waals surface area contributed by atoms with Crippen LogP contribution in [-0.2, 0) is 24.3 Å². The molecule has 0 aromatic carbocycles. The lowest BCUT2D eigenvalue weighted by Gasteiger charge is -2.11. The highest BCUT2D eigenvalue weighted by Crippen LogP contribution is 2.22. The Balaban J connectivity index is 1.88. The highest BCUT2D eigenvalue weighted by atomic mass is 32.1. The molecule has 0 aliphatic carbocycles. The Hall–Kier alpha value is -2.82. The van der Waals surface area contributed by atoms with E-state index in [-0.39, 0.29) is 24.2 Å². The van der Waals surface area contributed by atoms with Crippen molar-refractivity contribution in [3.05, 3.63) is 31.7 Å². The van der Waals surface area contributed by atoms with Crippen LogP contribution in [0.1, 0.15) is 70.6 Å². The van der Waals surface area contributed by atoms with E-state index in [0.29, 0.717) is 41.6 Å². The predicted molar refractivity (Wildman–Crippen MR) is 125 cm³/mol. The quantitative estimate of drug-likeness (QED) is 0.478. The number of aromatic nitrogens is 6. The van der Waals surface area contributed by atoms with Crippen molar-refractivity contribution in [2.75, 3.05) is 5.32 Å². The molecule has 0 saturated heterocycles. The van der Waals surface area contributed by atoms with Crippen LogP contribution in [0.15, 0.2) is 9.59 Å². The average molecular weight is 462 g/mol. The van der Waals surface area contributed by atoms with E-state index < -0.39 is 11.2 Å². The third kappa shape index (κ3) is 5.32. The molecule has 3 heterocycles. The monoisotopic (exact) mass is 461 g/mol. The van der Waals surface area contributed by atoms with Gasteiger partial charge in [0.25, 0.3) is 5.56 Å². The number of nitrogens with zero attached hydrogens (tertiary/aromatic N) is 5. The van der Waals surface area contributed by atoms with Crippen LogP contribution >= 0.6 is 11.3 Å². The Labute approximate surface area is 190 Å². The fourth-order valence-electron chi connectivity index (χ4n) is 3.42. The van der Waals surface area contributed by atoms with Crippen LogP contribution in [-0.4, -0.2) is 35.2 Å². The molecule has 0 spiro atoms. The number of rotatable bonds is 10. The van der Waals surface area contributed by atoms with Gasteiger partial charge in [-0.2, -0.15) is 0 Å². The van der Waals surface area contributed by atoms with Crippen molar-refractivity contribution in [3.63, 3.8) is 0 Å². The maximum absolute atomic E-state index is 12.7. The Kier molecular flexibility index (Phi) is 7.60. The zero-order chi connectivity index (χ0) is 23.4. The third-order valence-corrected chi connectivity index (χ3v) is 6.14. The summed E-state index contributed by atoms with van der Waals surface area (Å²) in [5.41, 5.74) is -0.132. The summed E-state index contributed by atoms with van der Waals surface area (Å²) in [6.07, 6.45) is 2.23. The summed E-state index contributed by atoms with van der Waals surface area (Å²) in [6, 6.07) is 0. The summed E-state index contributed by atoms with van der Waals surface area (Å²) >= 11 is 1.36. The summed E-state index contributed by atoms with van der Waals surface area (Å²) in [7, 11) is 0. The maximum Gasteiger partial charge on any atom is 0.330 e. The Morgan fingerprint density at radius 1 is 1.16 bits per heavy atom. The lowest BCUT2D eigenvalue weighted by Crippen LogP contribution is -2.31. The Morgan fingerprint density at radius 3 is 2.53 bits per heavy atom. The largest absolute Gasteiger partial charge is 0.330 e. The Morgan fingerprint density at radius 2 is 1.91 bits per heavy atom. The van der Waals surface area contributed by atoms with E-state index in [1.165, 1.54) is 15.9 Å². The minimum absolute atomic E-state index is 0.176. The molecule has 3 aromatic rings. The van der Waals surface area contributed by atoms with Gasteiger partial charge >= 0.3 is 5.69 Å². The van der Waals surface area contributed by atoms with Gasteiger partial charge in [-0.05, 0) is 12.3 Å². The number of unbranched alkanes of at least 4 members (excludes halogenated alkanes) is 1. The van der Waals surface area contributed by atoms with Gasteiger partial charge in [0.2, 0.25) is 11.0 Å². The molecule has 11 heteroatoms. The molecule has 10 nitrogen and oxygen atoms in total. The summed E-state index contributed by atoms with van der Waals surface area (Å²) in [6.45, 7) is 11.2. The molecule has 0 fully saturated rings. The van der Waals surface area contributed by atoms with Crippen molar-refractivity contribution in [1.29, 1.82) is 0 Å². The van der Waals surface area contributed by atoms with E-state index in [9.17, 15) is 14.4 Å². The van der Waals surface area contributed by atoms with Crippen molar-refractivity contribution < 1.29 is 4.79 Å². The van der Waals surface area contributed by atoms with E-state index in [0.717, 1.165) is 17.8 Å². The number of carbonyl (C=O) groups excluding carboxylic acids is 1. The first-order valence-electron chi connectivity index (χ1n) is 11.1. The molecule has 1 amide bonds. The number of carbonyl (C=O) groups is 1. The van der Waals surface area contributed by atoms with Gasteiger partial charge in [0.15, 0.2) is 11.2 Å². The molecule has 0 atom stereocenters. The summed E-state index contributed by atoms with van der Waals surface area (Å²) in [5, 5.41) is 12.2. The number of imidazole rings is 1. The van der Waals surface area contributed by atoms with Gasteiger partial charge in [0, 0.05) is 31.8 Å². The van der Waals surface area contributed by atoms with Crippen molar-refractivity contribution in [2.45, 2.75) is 79.3 Å². The van der Waals surface area contributed by atoms with Gasteiger partial charge in [0.1, 0.15) is 10.8 Å². The summed E-state index contributed by atoms with van der Waals surface area (Å²) < 4.78 is 3.37. The normalized spacial score (nSPS) is 11.7.